The van der Waals surface area contributed by atoms with E-state index < -0.39 is 10.8 Å². The van der Waals surface area contributed by atoms with Crippen LogP contribution in [0.2, 0.25) is 0 Å². The number of nitrogens with zero attached hydrogens (tertiary/aromatic N) is 2. The first-order valence-corrected chi connectivity index (χ1v) is 7.52. The molecular formula is C10H13N3OS2. The second-order valence-electron chi connectivity index (χ2n) is 3.64. The Labute approximate surface area is 101 Å². The number of nitrogens with one attached hydrogen (secondary N) is 1. The molecule has 16 heavy (non-hydrogen) atoms. The summed E-state index contributed by atoms with van der Waals surface area (Å²) in [4.78, 5) is 8.39. The second kappa shape index (κ2) is 4.88. The molecule has 0 bridgehead atoms. The summed E-state index contributed by atoms with van der Waals surface area (Å²) in [5.74, 6) is 1.45. The van der Waals surface area contributed by atoms with E-state index in [1.165, 1.54) is 0 Å². The van der Waals surface area contributed by atoms with Crippen LogP contribution >= 0.6 is 11.3 Å². The Hall–Kier alpha value is -1.01. The lowest BCUT2D eigenvalue weighted by molar-refractivity contribution is 0.683. The van der Waals surface area contributed by atoms with Gasteiger partial charge in [0.15, 0.2) is 0 Å². The predicted molar refractivity (Wildman–Crippen MR) is 69.4 cm³/mol. The molecule has 2 aromatic rings. The standard InChI is InChI=1S/C10H13N3OS2/c1-7(5-16(2)14)13-10-9-8(3-4-15-9)11-6-12-10/h3-4,6-7H,5H2,1-2H3,(H,11,12,13). The van der Waals surface area contributed by atoms with Crippen LogP contribution in [0, 0.1) is 0 Å². The molecule has 2 heterocycles. The molecule has 0 spiro atoms. The van der Waals surface area contributed by atoms with E-state index in [1.807, 2.05) is 18.4 Å². The van der Waals surface area contributed by atoms with Gasteiger partial charge in [-0.25, -0.2) is 9.97 Å². The fraction of sp³-hybridized carbons (Fsp3) is 0.400. The molecular weight excluding hydrogens is 242 g/mol. The second-order valence-corrected chi connectivity index (χ2v) is 6.04. The normalized spacial score (nSPS) is 14.9. The molecule has 0 aliphatic heterocycles. The van der Waals surface area contributed by atoms with Crippen LogP contribution in [0.4, 0.5) is 5.82 Å². The minimum Gasteiger partial charge on any atom is -0.365 e. The van der Waals surface area contributed by atoms with Gasteiger partial charge in [-0.3, -0.25) is 4.21 Å². The van der Waals surface area contributed by atoms with Crippen LogP contribution in [-0.4, -0.2) is 32.2 Å². The Bertz CT molecular complexity index is 511. The van der Waals surface area contributed by atoms with Crippen molar-refractivity contribution in [3.8, 4) is 0 Å². The lowest BCUT2D eigenvalue weighted by Gasteiger charge is -2.13. The maximum absolute atomic E-state index is 11.1. The van der Waals surface area contributed by atoms with Gasteiger partial charge in [0.1, 0.15) is 12.1 Å². The maximum Gasteiger partial charge on any atom is 0.147 e. The van der Waals surface area contributed by atoms with E-state index in [1.54, 1.807) is 23.9 Å². The van der Waals surface area contributed by atoms with Crippen LogP contribution < -0.4 is 5.32 Å². The summed E-state index contributed by atoms with van der Waals surface area (Å²) < 4.78 is 12.2. The SMILES string of the molecule is CC(CS(C)=O)Nc1ncnc2ccsc12. The molecule has 1 N–H and O–H groups in total. The topological polar surface area (TPSA) is 54.9 Å². The maximum atomic E-state index is 11.1. The Morgan fingerprint density at radius 1 is 1.56 bits per heavy atom. The molecule has 6 heteroatoms. The van der Waals surface area contributed by atoms with Crippen LogP contribution in [0.3, 0.4) is 0 Å². The highest BCUT2D eigenvalue weighted by molar-refractivity contribution is 7.84. The minimum atomic E-state index is -0.796. The molecule has 0 saturated carbocycles. The largest absolute Gasteiger partial charge is 0.365 e. The van der Waals surface area contributed by atoms with Gasteiger partial charge in [0.25, 0.3) is 0 Å². The third-order valence-electron chi connectivity index (χ3n) is 2.11. The van der Waals surface area contributed by atoms with Crippen molar-refractivity contribution in [1.29, 1.82) is 0 Å². The van der Waals surface area contributed by atoms with Gasteiger partial charge in [0.2, 0.25) is 0 Å². The zero-order valence-corrected chi connectivity index (χ0v) is 10.8. The highest BCUT2D eigenvalue weighted by atomic mass is 32.2. The average Bonchev–Trinajstić information content (AvgIpc) is 2.65. The zero-order valence-electron chi connectivity index (χ0n) is 9.14. The highest BCUT2D eigenvalue weighted by Gasteiger charge is 2.09. The van der Waals surface area contributed by atoms with E-state index >= 15 is 0 Å². The number of rotatable bonds is 4. The van der Waals surface area contributed by atoms with Crippen molar-refractivity contribution in [2.45, 2.75) is 13.0 Å². The summed E-state index contributed by atoms with van der Waals surface area (Å²) >= 11 is 1.61. The molecule has 2 aromatic heterocycles. The van der Waals surface area contributed by atoms with Crippen LogP contribution in [-0.2, 0) is 10.8 Å². The van der Waals surface area contributed by atoms with Gasteiger partial charge in [-0.1, -0.05) is 0 Å². The molecule has 2 unspecified atom stereocenters. The van der Waals surface area contributed by atoms with Crippen molar-refractivity contribution >= 4 is 38.2 Å². The smallest absolute Gasteiger partial charge is 0.147 e. The monoisotopic (exact) mass is 255 g/mol. The molecule has 0 fully saturated rings. The number of hydrogen-bond acceptors (Lipinski definition) is 5. The van der Waals surface area contributed by atoms with Crippen LogP contribution in [0.1, 0.15) is 6.92 Å². The summed E-state index contributed by atoms with van der Waals surface area (Å²) in [6, 6.07) is 2.11. The average molecular weight is 255 g/mol. The van der Waals surface area contributed by atoms with Gasteiger partial charge >= 0.3 is 0 Å². The lowest BCUT2D eigenvalue weighted by Crippen LogP contribution is -2.22. The quantitative estimate of drug-likeness (QED) is 0.906. The molecule has 0 aliphatic carbocycles. The molecule has 0 radical (unpaired) electrons. The molecule has 0 amide bonds. The van der Waals surface area contributed by atoms with Crippen molar-refractivity contribution in [1.82, 2.24) is 9.97 Å². The summed E-state index contributed by atoms with van der Waals surface area (Å²) in [6.45, 7) is 2.00. The van der Waals surface area contributed by atoms with Crippen LogP contribution in [0.25, 0.3) is 10.2 Å². The number of hydrogen-bond donors (Lipinski definition) is 1. The summed E-state index contributed by atoms with van der Waals surface area (Å²) in [5.41, 5.74) is 0.951. The molecule has 0 saturated heterocycles. The van der Waals surface area contributed by atoms with Gasteiger partial charge < -0.3 is 5.32 Å². The van der Waals surface area contributed by atoms with Crippen molar-refractivity contribution < 1.29 is 4.21 Å². The predicted octanol–water partition coefficient (Wildman–Crippen LogP) is 1.87. The third kappa shape index (κ3) is 2.56. The Morgan fingerprint density at radius 3 is 3.12 bits per heavy atom. The molecule has 2 atom stereocenters. The fourth-order valence-corrected chi connectivity index (χ4v) is 3.10. The van der Waals surface area contributed by atoms with E-state index in [9.17, 15) is 4.21 Å². The van der Waals surface area contributed by atoms with Crippen molar-refractivity contribution in [2.24, 2.45) is 0 Å². The van der Waals surface area contributed by atoms with Crippen molar-refractivity contribution in [3.63, 3.8) is 0 Å². The Kier molecular flexibility index (Phi) is 3.50. The number of fused-ring (bicyclic) bond motifs is 1. The number of aromatic nitrogens is 2. The van der Waals surface area contributed by atoms with E-state index in [2.05, 4.69) is 15.3 Å². The summed E-state index contributed by atoms with van der Waals surface area (Å²) in [7, 11) is -0.796. The van der Waals surface area contributed by atoms with Crippen LogP contribution in [0.5, 0.6) is 0 Å². The van der Waals surface area contributed by atoms with Gasteiger partial charge in [-0.05, 0) is 18.4 Å². The first-order chi connectivity index (χ1) is 7.66. The van der Waals surface area contributed by atoms with Gasteiger partial charge in [-0.2, -0.15) is 0 Å². The fourth-order valence-electron chi connectivity index (χ4n) is 1.52. The summed E-state index contributed by atoms with van der Waals surface area (Å²) in [6.07, 6.45) is 3.26. The zero-order chi connectivity index (χ0) is 11.5. The molecule has 2 rings (SSSR count). The highest BCUT2D eigenvalue weighted by Crippen LogP contribution is 2.25. The van der Waals surface area contributed by atoms with Gasteiger partial charge in [0.05, 0.1) is 10.2 Å². The van der Waals surface area contributed by atoms with E-state index in [-0.39, 0.29) is 6.04 Å². The Morgan fingerprint density at radius 2 is 2.38 bits per heavy atom. The molecule has 86 valence electrons. The van der Waals surface area contributed by atoms with E-state index in [0.29, 0.717) is 5.75 Å². The first-order valence-electron chi connectivity index (χ1n) is 4.91. The Balaban J connectivity index is 2.20. The number of thiophene rings is 1. The van der Waals surface area contributed by atoms with E-state index in [0.717, 1.165) is 16.0 Å². The molecule has 0 aliphatic rings. The van der Waals surface area contributed by atoms with Gasteiger partial charge in [0, 0.05) is 28.9 Å². The number of anilines is 1. The molecule has 4 nitrogen and oxygen atoms in total. The van der Waals surface area contributed by atoms with E-state index in [4.69, 9.17) is 0 Å². The van der Waals surface area contributed by atoms with Crippen molar-refractivity contribution in [2.75, 3.05) is 17.3 Å². The van der Waals surface area contributed by atoms with Crippen molar-refractivity contribution in [3.05, 3.63) is 17.8 Å². The first kappa shape index (κ1) is 11.5. The molecule has 0 aromatic carbocycles. The minimum absolute atomic E-state index is 0.144. The van der Waals surface area contributed by atoms with Crippen LogP contribution in [0.15, 0.2) is 17.8 Å². The third-order valence-corrected chi connectivity index (χ3v) is 3.99. The summed E-state index contributed by atoms with van der Waals surface area (Å²) in [5, 5.41) is 5.26. The van der Waals surface area contributed by atoms with Gasteiger partial charge in [-0.15, -0.1) is 11.3 Å². The lowest BCUT2D eigenvalue weighted by atomic mass is 10.3.